The third-order valence-corrected chi connectivity index (χ3v) is 2.71. The van der Waals surface area contributed by atoms with Gasteiger partial charge in [0.1, 0.15) is 6.54 Å². The Morgan fingerprint density at radius 3 is 2.68 bits per heavy atom. The Labute approximate surface area is 131 Å². The number of rotatable bonds is 5. The molecule has 0 bridgehead atoms. The van der Waals surface area contributed by atoms with Crippen LogP contribution in [0.4, 0.5) is 16.3 Å². The van der Waals surface area contributed by atoms with E-state index >= 15 is 0 Å². The normalized spacial score (nSPS) is 10.1. The second-order valence-corrected chi connectivity index (χ2v) is 4.60. The van der Waals surface area contributed by atoms with Crippen LogP contribution in [0.15, 0.2) is 30.5 Å². The molecule has 1 aromatic heterocycles. The topological polar surface area (TPSA) is 98.1 Å². The van der Waals surface area contributed by atoms with Crippen LogP contribution in [0.2, 0.25) is 5.02 Å². The molecule has 116 valence electrons. The summed E-state index contributed by atoms with van der Waals surface area (Å²) >= 11 is 5.76. The second kappa shape index (κ2) is 7.41. The number of ether oxygens (including phenoxy) is 1. The lowest BCUT2D eigenvalue weighted by Gasteiger charge is -2.04. The first-order valence-corrected chi connectivity index (χ1v) is 6.84. The number of carbonyl (C=O) groups excluding carboxylic acids is 2. The summed E-state index contributed by atoms with van der Waals surface area (Å²) in [7, 11) is 0. The minimum atomic E-state index is -0.625. The first-order chi connectivity index (χ1) is 10.6. The molecule has 0 spiro atoms. The molecule has 2 aromatic rings. The third kappa shape index (κ3) is 4.74. The van der Waals surface area contributed by atoms with Crippen molar-refractivity contribution in [2.75, 3.05) is 17.2 Å². The molecule has 0 unspecified atom stereocenters. The minimum absolute atomic E-state index is 0.0901. The molecule has 1 heterocycles. The van der Waals surface area contributed by atoms with E-state index in [1.807, 2.05) is 0 Å². The highest BCUT2D eigenvalue weighted by molar-refractivity contribution is 6.30. The predicted octanol–water partition coefficient (Wildman–Crippen LogP) is 2.14. The zero-order valence-corrected chi connectivity index (χ0v) is 12.5. The molecule has 0 atom stereocenters. The van der Waals surface area contributed by atoms with Crippen LogP contribution in [0, 0.1) is 0 Å². The highest BCUT2D eigenvalue weighted by atomic mass is 35.5. The van der Waals surface area contributed by atoms with Crippen LogP contribution in [0.25, 0.3) is 0 Å². The zero-order chi connectivity index (χ0) is 15.9. The van der Waals surface area contributed by atoms with Crippen molar-refractivity contribution in [2.45, 2.75) is 13.5 Å². The first kappa shape index (κ1) is 15.8. The summed E-state index contributed by atoms with van der Waals surface area (Å²) in [6, 6.07) is 6.71. The van der Waals surface area contributed by atoms with Gasteiger partial charge in [-0.2, -0.15) is 9.90 Å². The molecule has 0 fully saturated rings. The van der Waals surface area contributed by atoms with Gasteiger partial charge in [-0.3, -0.25) is 10.1 Å². The first-order valence-electron chi connectivity index (χ1n) is 6.46. The number of aromatic nitrogens is 3. The van der Waals surface area contributed by atoms with Crippen LogP contribution < -0.4 is 10.6 Å². The largest absolute Gasteiger partial charge is 0.450 e. The van der Waals surface area contributed by atoms with Gasteiger partial charge in [0, 0.05) is 10.7 Å². The fraction of sp³-hybridized carbons (Fsp3) is 0.231. The van der Waals surface area contributed by atoms with Gasteiger partial charge in [-0.05, 0) is 31.2 Å². The van der Waals surface area contributed by atoms with Crippen molar-refractivity contribution >= 4 is 35.1 Å². The molecule has 0 aliphatic rings. The molecule has 0 radical (unpaired) electrons. The van der Waals surface area contributed by atoms with Gasteiger partial charge >= 0.3 is 6.09 Å². The molecule has 9 heteroatoms. The molecular formula is C13H14ClN5O3. The molecule has 0 aliphatic heterocycles. The number of benzene rings is 1. The molecule has 8 nitrogen and oxygen atoms in total. The van der Waals surface area contributed by atoms with Crippen molar-refractivity contribution in [3.63, 3.8) is 0 Å². The van der Waals surface area contributed by atoms with E-state index in [1.165, 1.54) is 6.20 Å². The summed E-state index contributed by atoms with van der Waals surface area (Å²) in [4.78, 5) is 24.2. The number of hydrogen-bond donors (Lipinski definition) is 2. The quantitative estimate of drug-likeness (QED) is 0.878. The van der Waals surface area contributed by atoms with Crippen molar-refractivity contribution < 1.29 is 14.3 Å². The van der Waals surface area contributed by atoms with Crippen LogP contribution in [-0.2, 0) is 16.1 Å². The molecule has 22 heavy (non-hydrogen) atoms. The smallest absolute Gasteiger partial charge is 0.412 e. The average Bonchev–Trinajstić information content (AvgIpc) is 2.88. The number of halogens is 1. The van der Waals surface area contributed by atoms with Gasteiger partial charge in [0.05, 0.1) is 12.8 Å². The Morgan fingerprint density at radius 2 is 2.00 bits per heavy atom. The van der Waals surface area contributed by atoms with E-state index in [9.17, 15) is 9.59 Å². The Balaban J connectivity index is 1.88. The average molecular weight is 324 g/mol. The number of nitrogens with zero attached hydrogens (tertiary/aromatic N) is 3. The number of hydrogen-bond acceptors (Lipinski definition) is 5. The Hall–Kier alpha value is -2.61. The monoisotopic (exact) mass is 323 g/mol. The summed E-state index contributed by atoms with van der Waals surface area (Å²) in [6.07, 6.45) is 0.701. The summed E-state index contributed by atoms with van der Waals surface area (Å²) in [5, 5.41) is 13.5. The van der Waals surface area contributed by atoms with E-state index < -0.39 is 6.09 Å². The summed E-state index contributed by atoms with van der Waals surface area (Å²) in [5.41, 5.74) is 0.617. The Bertz CT molecular complexity index is 656. The highest BCUT2D eigenvalue weighted by Gasteiger charge is 2.09. The predicted molar refractivity (Wildman–Crippen MR) is 80.7 cm³/mol. The van der Waals surface area contributed by atoms with E-state index in [0.717, 1.165) is 4.80 Å². The second-order valence-electron chi connectivity index (χ2n) is 4.16. The fourth-order valence-corrected chi connectivity index (χ4v) is 1.69. The molecule has 0 saturated heterocycles. The van der Waals surface area contributed by atoms with E-state index in [2.05, 4.69) is 20.8 Å². The highest BCUT2D eigenvalue weighted by Crippen LogP contribution is 2.13. The number of anilines is 2. The van der Waals surface area contributed by atoms with Crippen LogP contribution in [0.3, 0.4) is 0 Å². The van der Waals surface area contributed by atoms with E-state index in [0.29, 0.717) is 10.7 Å². The SMILES string of the molecule is CCOC(=O)Nc1cnn(CC(=O)Nc2ccc(Cl)cc2)n1. The van der Waals surface area contributed by atoms with Crippen LogP contribution in [-0.4, -0.2) is 33.6 Å². The number of nitrogens with one attached hydrogen (secondary N) is 2. The number of amides is 2. The van der Waals surface area contributed by atoms with Crippen molar-refractivity contribution in [2.24, 2.45) is 0 Å². The van der Waals surface area contributed by atoms with Crippen molar-refractivity contribution in [3.8, 4) is 0 Å². The lowest BCUT2D eigenvalue weighted by atomic mass is 10.3. The zero-order valence-electron chi connectivity index (χ0n) is 11.7. The van der Waals surface area contributed by atoms with Crippen LogP contribution >= 0.6 is 11.6 Å². The molecule has 0 aliphatic carbocycles. The molecular weight excluding hydrogens is 310 g/mol. The maximum Gasteiger partial charge on any atom is 0.412 e. The van der Waals surface area contributed by atoms with Gasteiger partial charge in [0.15, 0.2) is 5.82 Å². The summed E-state index contributed by atoms with van der Waals surface area (Å²) < 4.78 is 4.71. The van der Waals surface area contributed by atoms with Crippen LogP contribution in [0.1, 0.15) is 6.92 Å². The lowest BCUT2D eigenvalue weighted by molar-refractivity contribution is -0.117. The molecule has 1 aromatic carbocycles. The standard InChI is InChI=1S/C13H14ClN5O3/c1-2-22-13(21)17-11-7-15-19(18-11)8-12(20)16-10-5-3-9(14)4-6-10/h3-7H,2,8H2,1H3,(H,16,20)(H,17,18,21). The molecule has 2 rings (SSSR count). The molecule has 0 saturated carbocycles. The van der Waals surface area contributed by atoms with Gasteiger partial charge in [-0.1, -0.05) is 11.6 Å². The fourth-order valence-electron chi connectivity index (χ4n) is 1.56. The Kier molecular flexibility index (Phi) is 5.31. The van der Waals surface area contributed by atoms with Gasteiger partial charge in [-0.15, -0.1) is 5.10 Å². The number of carbonyl (C=O) groups is 2. The molecule has 2 N–H and O–H groups in total. The van der Waals surface area contributed by atoms with Gasteiger partial charge in [0.2, 0.25) is 5.91 Å². The Morgan fingerprint density at radius 1 is 1.27 bits per heavy atom. The van der Waals surface area contributed by atoms with Gasteiger partial charge < -0.3 is 10.1 Å². The summed E-state index contributed by atoms with van der Waals surface area (Å²) in [6.45, 7) is 1.86. The van der Waals surface area contributed by atoms with Gasteiger partial charge in [0.25, 0.3) is 0 Å². The summed E-state index contributed by atoms with van der Waals surface area (Å²) in [5.74, 6) is -0.0987. The van der Waals surface area contributed by atoms with Crippen molar-refractivity contribution in [3.05, 3.63) is 35.5 Å². The van der Waals surface area contributed by atoms with Crippen LogP contribution in [0.5, 0.6) is 0 Å². The third-order valence-electron chi connectivity index (χ3n) is 2.46. The van der Waals surface area contributed by atoms with E-state index in [4.69, 9.17) is 16.3 Å². The van der Waals surface area contributed by atoms with Crippen molar-refractivity contribution in [1.82, 2.24) is 15.0 Å². The maximum absolute atomic E-state index is 11.8. The maximum atomic E-state index is 11.8. The minimum Gasteiger partial charge on any atom is -0.450 e. The van der Waals surface area contributed by atoms with E-state index in [-0.39, 0.29) is 24.9 Å². The van der Waals surface area contributed by atoms with Gasteiger partial charge in [-0.25, -0.2) is 4.79 Å². The van der Waals surface area contributed by atoms with E-state index in [1.54, 1.807) is 31.2 Å². The van der Waals surface area contributed by atoms with Crippen molar-refractivity contribution in [1.29, 1.82) is 0 Å². The molecule has 2 amide bonds. The lowest BCUT2D eigenvalue weighted by Crippen LogP contribution is -2.20.